The molecule has 2 aromatic heterocycles. The molecule has 2 rings (SSSR count). The number of aryl methyl sites for hydroxylation is 1. The number of hydrogen-bond acceptors (Lipinski definition) is 4. The van der Waals surface area contributed by atoms with E-state index in [0.717, 1.165) is 24.2 Å². The van der Waals surface area contributed by atoms with Gasteiger partial charge >= 0.3 is 0 Å². The maximum Gasteiger partial charge on any atom is 0.213 e. The molecule has 114 valence electrons. The number of methoxy groups -OCH3 is 1. The van der Waals surface area contributed by atoms with Gasteiger partial charge in [-0.1, -0.05) is 13.0 Å². The first-order valence-electron chi connectivity index (χ1n) is 7.33. The third kappa shape index (κ3) is 3.61. The highest BCUT2D eigenvalue weighted by Gasteiger charge is 2.14. The Balaban J connectivity index is 2.22. The minimum atomic E-state index is 0.190. The Morgan fingerprint density at radius 2 is 2.10 bits per heavy atom. The van der Waals surface area contributed by atoms with Crippen LogP contribution in [0.1, 0.15) is 36.0 Å². The third-order valence-corrected chi connectivity index (χ3v) is 3.82. The predicted molar refractivity (Wildman–Crippen MR) is 83.6 cm³/mol. The van der Waals surface area contributed by atoms with E-state index in [1.54, 1.807) is 7.11 Å². The number of nitrogens with zero attached hydrogens (tertiary/aromatic N) is 3. The quantitative estimate of drug-likeness (QED) is 0.885. The lowest BCUT2D eigenvalue weighted by Gasteiger charge is -2.09. The maximum atomic E-state index is 6.08. The molecule has 0 aliphatic rings. The number of rotatable bonds is 6. The van der Waals surface area contributed by atoms with E-state index in [1.807, 2.05) is 29.8 Å². The number of hydrogen-bond donors (Lipinski definition) is 1. The van der Waals surface area contributed by atoms with Gasteiger partial charge in [0.2, 0.25) is 5.88 Å². The van der Waals surface area contributed by atoms with Crippen molar-refractivity contribution < 1.29 is 4.74 Å². The van der Waals surface area contributed by atoms with E-state index in [0.29, 0.717) is 12.4 Å². The second-order valence-electron chi connectivity index (χ2n) is 5.35. The molecule has 1 unspecified atom stereocenters. The lowest BCUT2D eigenvalue weighted by atomic mass is 10.0. The van der Waals surface area contributed by atoms with Gasteiger partial charge in [-0.2, -0.15) is 5.10 Å². The zero-order valence-electron chi connectivity index (χ0n) is 13.3. The third-order valence-electron chi connectivity index (χ3n) is 3.82. The van der Waals surface area contributed by atoms with Gasteiger partial charge in [-0.25, -0.2) is 4.98 Å². The molecule has 0 bridgehead atoms. The molecule has 1 atom stereocenters. The average molecular weight is 288 g/mol. The van der Waals surface area contributed by atoms with Gasteiger partial charge in [-0.3, -0.25) is 4.68 Å². The summed E-state index contributed by atoms with van der Waals surface area (Å²) in [5, 5.41) is 4.63. The number of nitrogens with two attached hydrogens (primary N) is 1. The van der Waals surface area contributed by atoms with Crippen LogP contribution in [-0.4, -0.2) is 27.9 Å². The summed E-state index contributed by atoms with van der Waals surface area (Å²) in [7, 11) is 1.62. The van der Waals surface area contributed by atoms with Crippen LogP contribution in [0.2, 0.25) is 0 Å². The topological polar surface area (TPSA) is 66.0 Å². The molecule has 0 saturated carbocycles. The zero-order chi connectivity index (χ0) is 15.4. The summed E-state index contributed by atoms with van der Waals surface area (Å²) in [4.78, 5) is 4.44. The van der Waals surface area contributed by atoms with Crippen molar-refractivity contribution in [3.8, 4) is 5.88 Å². The van der Waals surface area contributed by atoms with Crippen LogP contribution in [0.5, 0.6) is 5.88 Å². The fourth-order valence-electron chi connectivity index (χ4n) is 2.40. The van der Waals surface area contributed by atoms with Crippen LogP contribution in [0.3, 0.4) is 0 Å². The molecule has 0 aliphatic carbocycles. The van der Waals surface area contributed by atoms with Crippen molar-refractivity contribution in [1.29, 1.82) is 0 Å². The molecule has 0 spiro atoms. The van der Waals surface area contributed by atoms with E-state index in [-0.39, 0.29) is 6.04 Å². The number of pyridine rings is 1. The summed E-state index contributed by atoms with van der Waals surface area (Å²) < 4.78 is 7.16. The van der Waals surface area contributed by atoms with Gasteiger partial charge in [0.15, 0.2) is 0 Å². The van der Waals surface area contributed by atoms with Crippen molar-refractivity contribution in [3.05, 3.63) is 40.8 Å². The summed E-state index contributed by atoms with van der Waals surface area (Å²) >= 11 is 0. The monoisotopic (exact) mass is 288 g/mol. The van der Waals surface area contributed by atoms with Crippen molar-refractivity contribution in [1.82, 2.24) is 14.8 Å². The van der Waals surface area contributed by atoms with E-state index in [2.05, 4.69) is 23.9 Å². The van der Waals surface area contributed by atoms with Crippen LogP contribution in [0.4, 0.5) is 0 Å². The van der Waals surface area contributed by atoms with Gasteiger partial charge in [0.05, 0.1) is 25.0 Å². The van der Waals surface area contributed by atoms with Crippen molar-refractivity contribution >= 4 is 0 Å². The van der Waals surface area contributed by atoms with Crippen molar-refractivity contribution in [3.63, 3.8) is 0 Å². The fraction of sp³-hybridized carbons (Fsp3) is 0.500. The van der Waals surface area contributed by atoms with Crippen molar-refractivity contribution in [2.75, 3.05) is 7.11 Å². The van der Waals surface area contributed by atoms with Gasteiger partial charge < -0.3 is 10.5 Å². The Kier molecular flexibility index (Phi) is 4.96. The summed E-state index contributed by atoms with van der Waals surface area (Å²) in [5.41, 5.74) is 10.5. The first kappa shape index (κ1) is 15.5. The van der Waals surface area contributed by atoms with Crippen LogP contribution >= 0.6 is 0 Å². The molecule has 2 N–H and O–H groups in total. The smallest absolute Gasteiger partial charge is 0.213 e. The molecule has 0 aliphatic heterocycles. The Labute approximate surface area is 126 Å². The SMILES string of the molecule is CCC(N)Cc1c(C)nn(Cc2cccc(OC)n2)c1C. The van der Waals surface area contributed by atoms with Gasteiger partial charge in [0.25, 0.3) is 0 Å². The highest BCUT2D eigenvalue weighted by atomic mass is 16.5. The molecular formula is C16H24N4O. The summed E-state index contributed by atoms with van der Waals surface area (Å²) in [5.74, 6) is 0.627. The molecule has 5 nitrogen and oxygen atoms in total. The predicted octanol–water partition coefficient (Wildman–Crippen LogP) is 2.23. The lowest BCUT2D eigenvalue weighted by Crippen LogP contribution is -2.22. The Hall–Kier alpha value is -1.88. The molecule has 0 saturated heterocycles. The molecule has 2 aromatic rings. The standard InChI is InChI=1S/C16H24N4O/c1-5-13(17)9-15-11(2)19-20(12(15)3)10-14-7-6-8-16(18-14)21-4/h6-8,13H,5,9-10,17H2,1-4H3. The van der Waals surface area contributed by atoms with E-state index in [4.69, 9.17) is 10.5 Å². The first-order valence-corrected chi connectivity index (χ1v) is 7.33. The highest BCUT2D eigenvalue weighted by molar-refractivity contribution is 5.26. The van der Waals surface area contributed by atoms with Crippen LogP contribution in [0.25, 0.3) is 0 Å². The Bertz CT molecular complexity index is 606. The van der Waals surface area contributed by atoms with Gasteiger partial charge in [0, 0.05) is 17.8 Å². The second kappa shape index (κ2) is 6.72. The minimum absolute atomic E-state index is 0.190. The summed E-state index contributed by atoms with van der Waals surface area (Å²) in [6, 6.07) is 5.96. The van der Waals surface area contributed by atoms with Crippen LogP contribution < -0.4 is 10.5 Å². The Morgan fingerprint density at radius 1 is 1.33 bits per heavy atom. The van der Waals surface area contributed by atoms with Crippen LogP contribution in [0.15, 0.2) is 18.2 Å². The van der Waals surface area contributed by atoms with Gasteiger partial charge in [-0.05, 0) is 38.3 Å². The van der Waals surface area contributed by atoms with Crippen LogP contribution in [-0.2, 0) is 13.0 Å². The molecule has 5 heteroatoms. The normalized spacial score (nSPS) is 12.4. The lowest BCUT2D eigenvalue weighted by molar-refractivity contribution is 0.395. The zero-order valence-corrected chi connectivity index (χ0v) is 13.3. The van der Waals surface area contributed by atoms with Crippen LogP contribution in [0, 0.1) is 13.8 Å². The van der Waals surface area contributed by atoms with E-state index < -0.39 is 0 Å². The maximum absolute atomic E-state index is 6.08. The molecule has 0 radical (unpaired) electrons. The van der Waals surface area contributed by atoms with Gasteiger partial charge in [-0.15, -0.1) is 0 Å². The largest absolute Gasteiger partial charge is 0.481 e. The minimum Gasteiger partial charge on any atom is -0.481 e. The number of aromatic nitrogens is 3. The molecular weight excluding hydrogens is 264 g/mol. The average Bonchev–Trinajstić information content (AvgIpc) is 2.75. The van der Waals surface area contributed by atoms with E-state index in [9.17, 15) is 0 Å². The first-order chi connectivity index (χ1) is 10.0. The summed E-state index contributed by atoms with van der Waals surface area (Å²) in [6.07, 6.45) is 1.85. The highest BCUT2D eigenvalue weighted by Crippen LogP contribution is 2.17. The number of ether oxygens (including phenoxy) is 1. The summed E-state index contributed by atoms with van der Waals surface area (Å²) in [6.45, 7) is 6.89. The molecule has 0 aromatic carbocycles. The van der Waals surface area contributed by atoms with Crippen molar-refractivity contribution in [2.45, 2.75) is 46.2 Å². The molecule has 2 heterocycles. The van der Waals surface area contributed by atoms with E-state index >= 15 is 0 Å². The van der Waals surface area contributed by atoms with Crippen molar-refractivity contribution in [2.24, 2.45) is 5.73 Å². The second-order valence-corrected chi connectivity index (χ2v) is 5.35. The molecule has 0 fully saturated rings. The van der Waals surface area contributed by atoms with Gasteiger partial charge in [0.1, 0.15) is 0 Å². The van der Waals surface area contributed by atoms with E-state index in [1.165, 1.54) is 11.3 Å². The molecule has 21 heavy (non-hydrogen) atoms. The molecule has 0 amide bonds. The Morgan fingerprint density at radius 3 is 2.76 bits per heavy atom. The fourth-order valence-corrected chi connectivity index (χ4v) is 2.40.